The molecule has 3 nitrogen and oxygen atoms in total. The first-order valence-electron chi connectivity index (χ1n) is 5.69. The van der Waals surface area contributed by atoms with E-state index in [9.17, 15) is 4.79 Å². The van der Waals surface area contributed by atoms with Crippen LogP contribution in [0.4, 0.5) is 0 Å². The minimum atomic E-state index is 0.327. The highest BCUT2D eigenvalue weighted by Gasteiger charge is 2.24. The summed E-state index contributed by atoms with van der Waals surface area (Å²) in [6, 6.07) is 0.389. The smallest absolute Gasteiger partial charge is 0.223 e. The van der Waals surface area contributed by atoms with E-state index in [2.05, 4.69) is 26.1 Å². The summed E-state index contributed by atoms with van der Waals surface area (Å²) in [5.74, 6) is 0.911. The van der Waals surface area contributed by atoms with E-state index in [1.807, 2.05) is 4.90 Å². The zero-order valence-corrected chi connectivity index (χ0v) is 9.55. The van der Waals surface area contributed by atoms with Crippen LogP contribution in [-0.4, -0.2) is 36.5 Å². The van der Waals surface area contributed by atoms with Crippen molar-refractivity contribution in [3.05, 3.63) is 0 Å². The number of hydrogen-bond acceptors (Lipinski definition) is 2. The number of carbonyl (C=O) groups is 1. The standard InChI is InChI=1S/C11H22N2O/c1-4-9(3)13(5-2)11(14)6-10-7-12-8-10/h9-10,12H,4-8H2,1-3H3. The maximum Gasteiger partial charge on any atom is 0.223 e. The lowest BCUT2D eigenvalue weighted by atomic mass is 9.98. The largest absolute Gasteiger partial charge is 0.340 e. The molecule has 82 valence electrons. The zero-order valence-electron chi connectivity index (χ0n) is 9.55. The van der Waals surface area contributed by atoms with Gasteiger partial charge in [0, 0.05) is 19.0 Å². The summed E-state index contributed by atoms with van der Waals surface area (Å²) in [4.78, 5) is 13.9. The molecule has 1 fully saturated rings. The molecule has 0 aromatic rings. The van der Waals surface area contributed by atoms with E-state index in [0.29, 0.717) is 17.9 Å². The molecule has 1 amide bonds. The summed E-state index contributed by atoms with van der Waals surface area (Å²) in [6.07, 6.45) is 1.77. The topological polar surface area (TPSA) is 32.3 Å². The van der Waals surface area contributed by atoms with Crippen LogP contribution < -0.4 is 5.32 Å². The summed E-state index contributed by atoms with van der Waals surface area (Å²) >= 11 is 0. The molecule has 0 bridgehead atoms. The van der Waals surface area contributed by atoms with Gasteiger partial charge in [-0.3, -0.25) is 4.79 Å². The molecule has 0 aromatic carbocycles. The van der Waals surface area contributed by atoms with Gasteiger partial charge in [0.25, 0.3) is 0 Å². The van der Waals surface area contributed by atoms with Crippen LogP contribution in [0.25, 0.3) is 0 Å². The summed E-state index contributed by atoms with van der Waals surface area (Å²) in [5.41, 5.74) is 0. The number of hydrogen-bond donors (Lipinski definition) is 1. The van der Waals surface area contributed by atoms with E-state index in [0.717, 1.165) is 32.5 Å². The van der Waals surface area contributed by atoms with E-state index in [4.69, 9.17) is 0 Å². The van der Waals surface area contributed by atoms with Crippen LogP contribution in [0.1, 0.15) is 33.6 Å². The molecular weight excluding hydrogens is 176 g/mol. The highest BCUT2D eigenvalue weighted by atomic mass is 16.2. The quantitative estimate of drug-likeness (QED) is 0.721. The molecule has 1 unspecified atom stereocenters. The Labute approximate surface area is 86.9 Å². The van der Waals surface area contributed by atoms with Crippen molar-refractivity contribution < 1.29 is 4.79 Å². The second-order valence-corrected chi connectivity index (χ2v) is 4.17. The molecule has 0 aliphatic carbocycles. The average Bonchev–Trinajstić information content (AvgIpc) is 2.12. The fraction of sp³-hybridized carbons (Fsp3) is 0.909. The Morgan fingerprint density at radius 2 is 2.14 bits per heavy atom. The van der Waals surface area contributed by atoms with Gasteiger partial charge in [0.15, 0.2) is 0 Å². The number of carbonyl (C=O) groups excluding carboxylic acids is 1. The van der Waals surface area contributed by atoms with Crippen molar-refractivity contribution in [3.63, 3.8) is 0 Å². The van der Waals surface area contributed by atoms with Crippen LogP contribution in [0.15, 0.2) is 0 Å². The Morgan fingerprint density at radius 3 is 2.50 bits per heavy atom. The molecule has 1 aliphatic heterocycles. The number of amides is 1. The van der Waals surface area contributed by atoms with Gasteiger partial charge in [0.05, 0.1) is 0 Å². The van der Waals surface area contributed by atoms with Crippen LogP contribution in [0.5, 0.6) is 0 Å². The van der Waals surface area contributed by atoms with Crippen molar-refractivity contribution in [2.24, 2.45) is 5.92 Å². The zero-order chi connectivity index (χ0) is 10.6. The van der Waals surface area contributed by atoms with Crippen molar-refractivity contribution in [2.75, 3.05) is 19.6 Å². The second kappa shape index (κ2) is 5.35. The molecule has 3 heteroatoms. The molecule has 0 spiro atoms. The van der Waals surface area contributed by atoms with Crippen LogP contribution >= 0.6 is 0 Å². The van der Waals surface area contributed by atoms with E-state index in [1.165, 1.54) is 0 Å². The van der Waals surface area contributed by atoms with Gasteiger partial charge in [-0.2, -0.15) is 0 Å². The van der Waals surface area contributed by atoms with Crippen LogP contribution in [-0.2, 0) is 4.79 Å². The molecule has 0 aromatic heterocycles. The first kappa shape index (κ1) is 11.5. The third kappa shape index (κ3) is 2.71. The summed E-state index contributed by atoms with van der Waals surface area (Å²) in [7, 11) is 0. The minimum absolute atomic E-state index is 0.327. The highest BCUT2D eigenvalue weighted by molar-refractivity contribution is 5.76. The van der Waals surface area contributed by atoms with Crippen molar-refractivity contribution in [1.29, 1.82) is 0 Å². The highest BCUT2D eigenvalue weighted by Crippen LogP contribution is 2.13. The average molecular weight is 198 g/mol. The maximum atomic E-state index is 11.9. The number of nitrogens with zero attached hydrogens (tertiary/aromatic N) is 1. The molecule has 1 atom stereocenters. The third-order valence-electron chi connectivity index (χ3n) is 3.11. The molecule has 1 N–H and O–H groups in total. The first-order valence-corrected chi connectivity index (χ1v) is 5.69. The molecule has 1 heterocycles. The Kier molecular flexibility index (Phi) is 4.39. The normalized spacial score (nSPS) is 18.8. The van der Waals surface area contributed by atoms with Gasteiger partial charge in [-0.05, 0) is 39.3 Å². The first-order chi connectivity index (χ1) is 6.69. The van der Waals surface area contributed by atoms with E-state index < -0.39 is 0 Å². The SMILES string of the molecule is CCC(C)N(CC)C(=O)CC1CNC1. The van der Waals surface area contributed by atoms with Crippen LogP contribution in [0.2, 0.25) is 0 Å². The molecule has 1 rings (SSSR count). The van der Waals surface area contributed by atoms with Crippen molar-refractivity contribution in [1.82, 2.24) is 10.2 Å². The maximum absolute atomic E-state index is 11.9. The van der Waals surface area contributed by atoms with Gasteiger partial charge in [-0.25, -0.2) is 0 Å². The predicted octanol–water partition coefficient (Wildman–Crippen LogP) is 1.24. The second-order valence-electron chi connectivity index (χ2n) is 4.17. The summed E-state index contributed by atoms with van der Waals surface area (Å²) < 4.78 is 0. The van der Waals surface area contributed by atoms with E-state index in [1.54, 1.807) is 0 Å². The molecular formula is C11H22N2O. The fourth-order valence-electron chi connectivity index (χ4n) is 1.81. The molecule has 1 saturated heterocycles. The lowest BCUT2D eigenvalue weighted by Crippen LogP contribution is -2.46. The number of nitrogens with one attached hydrogen (secondary N) is 1. The fourth-order valence-corrected chi connectivity index (χ4v) is 1.81. The van der Waals surface area contributed by atoms with Gasteiger partial charge < -0.3 is 10.2 Å². The predicted molar refractivity (Wildman–Crippen MR) is 58.1 cm³/mol. The number of rotatable bonds is 5. The van der Waals surface area contributed by atoms with Crippen molar-refractivity contribution in [2.45, 2.75) is 39.7 Å². The third-order valence-corrected chi connectivity index (χ3v) is 3.11. The molecule has 0 saturated carbocycles. The molecule has 1 aliphatic rings. The Bertz CT molecular complexity index is 190. The van der Waals surface area contributed by atoms with Gasteiger partial charge in [0.1, 0.15) is 0 Å². The van der Waals surface area contributed by atoms with Gasteiger partial charge in [0.2, 0.25) is 5.91 Å². The monoisotopic (exact) mass is 198 g/mol. The molecule has 14 heavy (non-hydrogen) atoms. The van der Waals surface area contributed by atoms with Crippen molar-refractivity contribution >= 4 is 5.91 Å². The lowest BCUT2D eigenvalue weighted by molar-refractivity contribution is -0.134. The lowest BCUT2D eigenvalue weighted by Gasteiger charge is -2.32. The van der Waals surface area contributed by atoms with Crippen LogP contribution in [0.3, 0.4) is 0 Å². The van der Waals surface area contributed by atoms with Gasteiger partial charge in [-0.15, -0.1) is 0 Å². The Hall–Kier alpha value is -0.570. The summed E-state index contributed by atoms with van der Waals surface area (Å²) in [5, 5.41) is 3.20. The minimum Gasteiger partial charge on any atom is -0.340 e. The summed E-state index contributed by atoms with van der Waals surface area (Å²) in [6.45, 7) is 9.19. The van der Waals surface area contributed by atoms with Crippen molar-refractivity contribution in [3.8, 4) is 0 Å². The Morgan fingerprint density at radius 1 is 1.50 bits per heavy atom. The van der Waals surface area contributed by atoms with Gasteiger partial charge >= 0.3 is 0 Å². The van der Waals surface area contributed by atoms with E-state index in [-0.39, 0.29) is 0 Å². The Balaban J connectivity index is 2.38. The van der Waals surface area contributed by atoms with Gasteiger partial charge in [-0.1, -0.05) is 6.92 Å². The van der Waals surface area contributed by atoms with Crippen LogP contribution in [0, 0.1) is 5.92 Å². The molecule has 0 radical (unpaired) electrons. The van der Waals surface area contributed by atoms with E-state index >= 15 is 0 Å².